The minimum atomic E-state index is 0.375. The summed E-state index contributed by atoms with van der Waals surface area (Å²) in [6.07, 6.45) is 6.34. The zero-order valence-corrected chi connectivity index (χ0v) is 13.0. The van der Waals surface area contributed by atoms with Crippen molar-refractivity contribution in [1.29, 1.82) is 0 Å². The van der Waals surface area contributed by atoms with Gasteiger partial charge >= 0.3 is 0 Å². The first kappa shape index (κ1) is 15.5. The van der Waals surface area contributed by atoms with Gasteiger partial charge in [0.05, 0.1) is 6.10 Å². The first-order chi connectivity index (χ1) is 9.85. The number of rotatable bonds is 7. The van der Waals surface area contributed by atoms with E-state index in [2.05, 4.69) is 49.5 Å². The number of benzene rings is 1. The molecule has 0 aliphatic heterocycles. The molecule has 0 radical (unpaired) electrons. The quantitative estimate of drug-likeness (QED) is 0.808. The normalized spacial score (nSPS) is 26.6. The molecular formula is C18H29NO. The van der Waals surface area contributed by atoms with Gasteiger partial charge in [0.2, 0.25) is 0 Å². The Morgan fingerprint density at radius 1 is 1.10 bits per heavy atom. The Kier molecular flexibility index (Phi) is 6.55. The highest BCUT2D eigenvalue weighted by atomic mass is 16.5. The summed E-state index contributed by atoms with van der Waals surface area (Å²) in [6.45, 7) is 6.40. The Bertz CT molecular complexity index is 365. The average Bonchev–Trinajstić information content (AvgIpc) is 2.52. The highest BCUT2D eigenvalue weighted by molar-refractivity contribution is 5.20. The lowest BCUT2D eigenvalue weighted by molar-refractivity contribution is -0.0000136. The third-order valence-corrected chi connectivity index (χ3v) is 4.26. The molecule has 1 saturated carbocycles. The molecule has 0 amide bonds. The van der Waals surface area contributed by atoms with Crippen molar-refractivity contribution in [3.05, 3.63) is 35.9 Å². The first-order valence-corrected chi connectivity index (χ1v) is 8.25. The van der Waals surface area contributed by atoms with Crippen LogP contribution < -0.4 is 5.32 Å². The maximum Gasteiger partial charge on any atom is 0.0733 e. The molecule has 1 aromatic rings. The minimum Gasteiger partial charge on any atom is -0.377 e. The van der Waals surface area contributed by atoms with Crippen molar-refractivity contribution >= 4 is 0 Å². The van der Waals surface area contributed by atoms with Crippen molar-refractivity contribution in [3.8, 4) is 0 Å². The summed E-state index contributed by atoms with van der Waals surface area (Å²) in [5.74, 6) is 0.665. The van der Waals surface area contributed by atoms with Crippen molar-refractivity contribution in [2.45, 2.75) is 64.0 Å². The summed E-state index contributed by atoms with van der Waals surface area (Å²) < 4.78 is 6.13. The molecule has 0 aromatic heterocycles. The van der Waals surface area contributed by atoms with Gasteiger partial charge in [-0.2, -0.15) is 0 Å². The van der Waals surface area contributed by atoms with Crippen molar-refractivity contribution in [1.82, 2.24) is 5.32 Å². The van der Waals surface area contributed by atoms with Crippen LogP contribution in [0.1, 0.15) is 57.4 Å². The molecule has 20 heavy (non-hydrogen) atoms. The Morgan fingerprint density at radius 2 is 1.90 bits per heavy atom. The predicted octanol–water partition coefficient (Wildman–Crippen LogP) is 4.12. The molecule has 0 spiro atoms. The van der Waals surface area contributed by atoms with Crippen LogP contribution in [0.25, 0.3) is 0 Å². The van der Waals surface area contributed by atoms with E-state index in [1.165, 1.54) is 24.8 Å². The molecule has 1 N–H and O–H groups in total. The lowest BCUT2D eigenvalue weighted by Gasteiger charge is -2.37. The van der Waals surface area contributed by atoms with E-state index in [4.69, 9.17) is 4.74 Å². The van der Waals surface area contributed by atoms with E-state index in [1.807, 2.05) is 0 Å². The van der Waals surface area contributed by atoms with Gasteiger partial charge in [0.1, 0.15) is 0 Å². The van der Waals surface area contributed by atoms with Crippen LogP contribution in [-0.2, 0) is 4.74 Å². The summed E-state index contributed by atoms with van der Waals surface area (Å²) in [6, 6.07) is 11.5. The third kappa shape index (κ3) is 4.32. The van der Waals surface area contributed by atoms with Gasteiger partial charge in [-0.25, -0.2) is 0 Å². The van der Waals surface area contributed by atoms with Crippen molar-refractivity contribution in [3.63, 3.8) is 0 Å². The minimum absolute atomic E-state index is 0.375. The largest absolute Gasteiger partial charge is 0.377 e. The van der Waals surface area contributed by atoms with Gasteiger partial charge in [-0.1, -0.05) is 44.2 Å². The van der Waals surface area contributed by atoms with E-state index < -0.39 is 0 Å². The Balaban J connectivity index is 1.97. The van der Waals surface area contributed by atoms with E-state index in [0.29, 0.717) is 18.1 Å². The topological polar surface area (TPSA) is 21.3 Å². The van der Waals surface area contributed by atoms with Gasteiger partial charge in [0.25, 0.3) is 0 Å². The summed E-state index contributed by atoms with van der Waals surface area (Å²) in [4.78, 5) is 0. The lowest BCUT2D eigenvalue weighted by Crippen LogP contribution is -2.45. The molecule has 1 aromatic carbocycles. The van der Waals surface area contributed by atoms with Gasteiger partial charge in [0, 0.05) is 12.6 Å². The summed E-state index contributed by atoms with van der Waals surface area (Å²) >= 11 is 0. The second-order valence-electron chi connectivity index (χ2n) is 5.89. The molecule has 1 fully saturated rings. The van der Waals surface area contributed by atoms with Crippen LogP contribution in [-0.4, -0.2) is 25.3 Å². The standard InChI is InChI=1S/C18H29NO/c1-3-12-19-17-11-10-16(14-18(17)20-13-4-2)15-8-6-5-7-9-15/h5-9,16-19H,3-4,10-14H2,1-2H3. The van der Waals surface area contributed by atoms with E-state index in [9.17, 15) is 0 Å². The van der Waals surface area contributed by atoms with Crippen molar-refractivity contribution < 1.29 is 4.74 Å². The van der Waals surface area contributed by atoms with Crippen LogP contribution in [0.15, 0.2) is 30.3 Å². The predicted molar refractivity (Wildman–Crippen MR) is 85.1 cm³/mol. The monoisotopic (exact) mass is 275 g/mol. The number of ether oxygens (including phenoxy) is 1. The maximum absolute atomic E-state index is 6.13. The van der Waals surface area contributed by atoms with Crippen LogP contribution in [0.3, 0.4) is 0 Å². The van der Waals surface area contributed by atoms with Crippen LogP contribution in [0.4, 0.5) is 0 Å². The average molecular weight is 275 g/mol. The molecule has 2 rings (SSSR count). The smallest absolute Gasteiger partial charge is 0.0733 e. The molecule has 2 heteroatoms. The van der Waals surface area contributed by atoms with Crippen LogP contribution in [0.5, 0.6) is 0 Å². The maximum atomic E-state index is 6.13. The molecule has 0 saturated heterocycles. The van der Waals surface area contributed by atoms with Gasteiger partial charge < -0.3 is 10.1 Å². The van der Waals surface area contributed by atoms with Gasteiger partial charge in [-0.05, 0) is 50.1 Å². The van der Waals surface area contributed by atoms with Gasteiger partial charge in [0.15, 0.2) is 0 Å². The van der Waals surface area contributed by atoms with E-state index >= 15 is 0 Å². The molecule has 112 valence electrons. The zero-order valence-electron chi connectivity index (χ0n) is 13.0. The van der Waals surface area contributed by atoms with Gasteiger partial charge in [-0.15, -0.1) is 0 Å². The van der Waals surface area contributed by atoms with Crippen molar-refractivity contribution in [2.24, 2.45) is 0 Å². The number of hydrogen-bond donors (Lipinski definition) is 1. The van der Waals surface area contributed by atoms with Crippen LogP contribution in [0.2, 0.25) is 0 Å². The van der Waals surface area contributed by atoms with E-state index in [0.717, 1.165) is 26.0 Å². The Hall–Kier alpha value is -0.860. The molecule has 3 unspecified atom stereocenters. The molecule has 0 heterocycles. The second-order valence-corrected chi connectivity index (χ2v) is 5.89. The molecule has 1 aliphatic carbocycles. The zero-order chi connectivity index (χ0) is 14.2. The summed E-state index contributed by atoms with van der Waals surface area (Å²) in [5, 5.41) is 3.68. The van der Waals surface area contributed by atoms with E-state index in [1.54, 1.807) is 0 Å². The molecule has 2 nitrogen and oxygen atoms in total. The summed E-state index contributed by atoms with van der Waals surface area (Å²) in [5.41, 5.74) is 1.48. The third-order valence-electron chi connectivity index (χ3n) is 4.26. The number of hydrogen-bond acceptors (Lipinski definition) is 2. The lowest BCUT2D eigenvalue weighted by atomic mass is 9.80. The molecular weight excluding hydrogens is 246 g/mol. The Morgan fingerprint density at radius 3 is 2.60 bits per heavy atom. The highest BCUT2D eigenvalue weighted by Gasteiger charge is 2.31. The summed E-state index contributed by atoms with van der Waals surface area (Å²) in [7, 11) is 0. The van der Waals surface area contributed by atoms with Crippen molar-refractivity contribution in [2.75, 3.05) is 13.2 Å². The molecule has 3 atom stereocenters. The molecule has 1 aliphatic rings. The fourth-order valence-corrected chi connectivity index (χ4v) is 3.17. The van der Waals surface area contributed by atoms with E-state index in [-0.39, 0.29) is 0 Å². The Labute approximate surface area is 123 Å². The number of nitrogens with one attached hydrogen (secondary N) is 1. The fraction of sp³-hybridized carbons (Fsp3) is 0.667. The fourth-order valence-electron chi connectivity index (χ4n) is 3.17. The second kappa shape index (κ2) is 8.43. The SMILES string of the molecule is CCCNC1CCC(c2ccccc2)CC1OCCC. The highest BCUT2D eigenvalue weighted by Crippen LogP contribution is 2.34. The van der Waals surface area contributed by atoms with Crippen LogP contribution >= 0.6 is 0 Å². The van der Waals surface area contributed by atoms with Crippen LogP contribution in [0, 0.1) is 0 Å². The molecule has 0 bridgehead atoms. The first-order valence-electron chi connectivity index (χ1n) is 8.25. The van der Waals surface area contributed by atoms with Gasteiger partial charge in [-0.3, -0.25) is 0 Å².